The van der Waals surface area contributed by atoms with Crippen molar-refractivity contribution in [1.29, 1.82) is 0 Å². The smallest absolute Gasteiger partial charge is 0.297 e. The lowest BCUT2D eigenvalue weighted by molar-refractivity contribution is -0.182. The Morgan fingerprint density at radius 2 is 1.68 bits per heavy atom. The molecule has 5 atom stereocenters. The van der Waals surface area contributed by atoms with Gasteiger partial charge >= 0.3 is 0 Å². The van der Waals surface area contributed by atoms with Crippen LogP contribution in [-0.2, 0) is 30.4 Å². The van der Waals surface area contributed by atoms with E-state index >= 15 is 0 Å². The maximum absolute atomic E-state index is 12.8. The Morgan fingerprint density at radius 1 is 1.03 bits per heavy atom. The largest absolute Gasteiger partial charge is 0.388 e. The van der Waals surface area contributed by atoms with Gasteiger partial charge in [0.15, 0.2) is 0 Å². The molecule has 9 nitrogen and oxygen atoms in total. The molecular weight excluding hydrogens is 514 g/mol. The van der Waals surface area contributed by atoms with E-state index in [1.807, 2.05) is 67.6 Å². The molecule has 0 aliphatic carbocycles. The molecule has 37 heavy (non-hydrogen) atoms. The normalized spacial score (nSPS) is 23.8. The average molecular weight is 542 g/mol. The molecule has 0 amide bonds. The van der Waals surface area contributed by atoms with E-state index in [9.17, 15) is 19.1 Å². The molecule has 1 heterocycles. The van der Waals surface area contributed by atoms with Crippen molar-refractivity contribution in [3.8, 4) is 0 Å². The number of ether oxygens (including phenoxy) is 2. The van der Waals surface area contributed by atoms with Gasteiger partial charge in [0, 0.05) is 9.81 Å². The summed E-state index contributed by atoms with van der Waals surface area (Å²) in [5.74, 6) is 0. The van der Waals surface area contributed by atoms with E-state index in [-0.39, 0.29) is 11.5 Å². The summed E-state index contributed by atoms with van der Waals surface area (Å²) in [6.45, 7) is 1.55. The van der Waals surface area contributed by atoms with Crippen molar-refractivity contribution in [3.63, 3.8) is 0 Å². The minimum atomic E-state index is -4.09. The molecule has 194 valence electrons. The number of rotatable bonds is 10. The van der Waals surface area contributed by atoms with Crippen molar-refractivity contribution in [1.82, 2.24) is 0 Å². The Balaban J connectivity index is 1.57. The number of hydrogen-bond donors (Lipinski definition) is 1. The lowest BCUT2D eigenvalue weighted by Crippen LogP contribution is -2.58. The third-order valence-electron chi connectivity index (χ3n) is 5.80. The van der Waals surface area contributed by atoms with Crippen LogP contribution in [0.1, 0.15) is 11.1 Å². The number of aliphatic hydroxyl groups is 1. The van der Waals surface area contributed by atoms with Crippen LogP contribution in [-0.4, -0.2) is 49.9 Å². The maximum Gasteiger partial charge on any atom is 0.297 e. The van der Waals surface area contributed by atoms with E-state index in [4.69, 9.17) is 13.7 Å². The van der Waals surface area contributed by atoms with Crippen LogP contribution in [0, 0.1) is 6.92 Å². The fraction of sp³-hybridized carbons (Fsp3) is 0.308. The predicted molar refractivity (Wildman–Crippen MR) is 139 cm³/mol. The first-order valence-electron chi connectivity index (χ1n) is 11.6. The van der Waals surface area contributed by atoms with Gasteiger partial charge in [-0.3, -0.25) is 4.18 Å². The molecule has 0 radical (unpaired) electrons. The van der Waals surface area contributed by atoms with Gasteiger partial charge in [-0.05, 0) is 42.3 Å². The quantitative estimate of drug-likeness (QED) is 0.168. The van der Waals surface area contributed by atoms with Crippen LogP contribution < -0.4 is 0 Å². The van der Waals surface area contributed by atoms with Crippen molar-refractivity contribution in [3.05, 3.63) is 106 Å². The van der Waals surface area contributed by atoms with E-state index in [2.05, 4.69) is 10.0 Å². The Kier molecular flexibility index (Phi) is 9.23. The molecule has 1 fully saturated rings. The SMILES string of the molecule is Cc1ccc(S(=O)(=O)OC[C@H]2OC(Sc3ccccc3)[C@H](N=[N+]=[N-])[C@@H](OCc3ccccc3)[C@@H]2O)cc1. The molecule has 0 bridgehead atoms. The Bertz CT molecular complexity index is 1300. The van der Waals surface area contributed by atoms with Gasteiger partial charge in [0.2, 0.25) is 0 Å². The monoisotopic (exact) mass is 541 g/mol. The molecule has 0 aromatic heterocycles. The van der Waals surface area contributed by atoms with Crippen LogP contribution in [0.4, 0.5) is 0 Å². The van der Waals surface area contributed by atoms with Crippen molar-refractivity contribution >= 4 is 21.9 Å². The maximum atomic E-state index is 12.8. The second kappa shape index (κ2) is 12.6. The molecule has 1 aliphatic rings. The number of thioether (sulfide) groups is 1. The molecule has 3 aromatic carbocycles. The van der Waals surface area contributed by atoms with E-state index < -0.39 is 46.5 Å². The lowest BCUT2D eigenvalue weighted by Gasteiger charge is -2.42. The van der Waals surface area contributed by atoms with E-state index in [0.29, 0.717) is 0 Å². The number of azide groups is 1. The van der Waals surface area contributed by atoms with Crippen molar-refractivity contribution in [2.45, 2.75) is 53.1 Å². The summed E-state index contributed by atoms with van der Waals surface area (Å²) in [4.78, 5) is 3.81. The van der Waals surface area contributed by atoms with Crippen LogP contribution in [0.15, 0.2) is 99.8 Å². The zero-order valence-electron chi connectivity index (χ0n) is 20.0. The number of aryl methyl sites for hydroxylation is 1. The van der Waals surface area contributed by atoms with E-state index in [1.165, 1.54) is 23.9 Å². The highest BCUT2D eigenvalue weighted by molar-refractivity contribution is 7.99. The topological polar surface area (TPSA) is 131 Å². The number of nitrogens with zero attached hydrogens (tertiary/aromatic N) is 3. The molecule has 1 aliphatic heterocycles. The third-order valence-corrected chi connectivity index (χ3v) is 8.27. The third kappa shape index (κ3) is 7.12. The first-order chi connectivity index (χ1) is 17.9. The molecule has 1 saturated heterocycles. The van der Waals surface area contributed by atoms with Gasteiger partial charge in [-0.2, -0.15) is 8.42 Å². The summed E-state index contributed by atoms with van der Waals surface area (Å²) in [6, 6.07) is 24.1. The second-order valence-electron chi connectivity index (χ2n) is 8.47. The first kappa shape index (κ1) is 27.2. The minimum absolute atomic E-state index is 0.00226. The van der Waals surface area contributed by atoms with Gasteiger partial charge in [0.25, 0.3) is 10.1 Å². The van der Waals surface area contributed by atoms with Crippen molar-refractivity contribution in [2.75, 3.05) is 6.61 Å². The summed E-state index contributed by atoms with van der Waals surface area (Å²) in [5, 5.41) is 15.1. The van der Waals surface area contributed by atoms with Gasteiger partial charge in [-0.15, -0.1) is 0 Å². The first-order valence-corrected chi connectivity index (χ1v) is 13.9. The van der Waals surface area contributed by atoms with Crippen LogP contribution in [0.5, 0.6) is 0 Å². The Morgan fingerprint density at radius 3 is 2.32 bits per heavy atom. The predicted octanol–water partition coefficient (Wildman–Crippen LogP) is 4.84. The van der Waals surface area contributed by atoms with Gasteiger partial charge in [-0.1, -0.05) is 83.1 Å². The van der Waals surface area contributed by atoms with Crippen molar-refractivity contribution in [2.24, 2.45) is 5.11 Å². The van der Waals surface area contributed by atoms with Gasteiger partial charge in [0.1, 0.15) is 23.7 Å². The fourth-order valence-corrected chi connectivity index (χ4v) is 5.89. The highest BCUT2D eigenvalue weighted by atomic mass is 32.2. The zero-order valence-corrected chi connectivity index (χ0v) is 21.7. The molecule has 0 spiro atoms. The fourth-order valence-electron chi connectivity index (χ4n) is 3.84. The Hall–Kier alpha value is -2.89. The lowest BCUT2D eigenvalue weighted by atomic mass is 9.98. The van der Waals surface area contributed by atoms with Crippen LogP contribution in [0.2, 0.25) is 0 Å². The highest BCUT2D eigenvalue weighted by Crippen LogP contribution is 2.37. The summed E-state index contributed by atoms with van der Waals surface area (Å²) < 4.78 is 43.0. The van der Waals surface area contributed by atoms with Gasteiger partial charge in [-0.25, -0.2) is 0 Å². The number of benzene rings is 3. The minimum Gasteiger partial charge on any atom is -0.388 e. The van der Waals surface area contributed by atoms with Crippen molar-refractivity contribution < 1.29 is 27.2 Å². The number of hydrogen-bond acceptors (Lipinski definition) is 8. The standard InChI is InChI=1S/C26H27N3O6S2/c1-18-12-14-21(15-13-18)37(31,32)34-17-22-24(30)25(33-16-19-8-4-2-5-9-19)23(28-29-27)26(35-22)36-20-10-6-3-7-11-20/h2-15,22-26,30H,16-17H2,1H3/t22-,23-,24-,25-,26?/m1/s1. The average Bonchev–Trinajstić information content (AvgIpc) is 2.90. The van der Waals surface area contributed by atoms with Gasteiger partial charge < -0.3 is 14.6 Å². The van der Waals surface area contributed by atoms with Crippen LogP contribution >= 0.6 is 11.8 Å². The van der Waals surface area contributed by atoms with Crippen LogP contribution in [0.3, 0.4) is 0 Å². The molecule has 11 heteroatoms. The molecule has 1 N–H and O–H groups in total. The molecule has 1 unspecified atom stereocenters. The zero-order chi connectivity index (χ0) is 26.3. The summed E-state index contributed by atoms with van der Waals surface area (Å²) >= 11 is 1.29. The molecule has 0 saturated carbocycles. The summed E-state index contributed by atoms with van der Waals surface area (Å²) in [5.41, 5.74) is 10.3. The van der Waals surface area contributed by atoms with E-state index in [1.54, 1.807) is 12.1 Å². The molecule has 3 aromatic rings. The van der Waals surface area contributed by atoms with Gasteiger partial charge in [0.05, 0.1) is 24.2 Å². The highest BCUT2D eigenvalue weighted by Gasteiger charge is 2.46. The summed E-state index contributed by atoms with van der Waals surface area (Å²) in [6.07, 6.45) is -3.35. The van der Waals surface area contributed by atoms with Crippen LogP contribution in [0.25, 0.3) is 10.4 Å². The Labute approximate surface area is 220 Å². The second-order valence-corrected chi connectivity index (χ2v) is 11.3. The summed E-state index contributed by atoms with van der Waals surface area (Å²) in [7, 11) is -4.09. The van der Waals surface area contributed by atoms with E-state index in [0.717, 1.165) is 16.0 Å². The molecular formula is C26H27N3O6S2. The number of aliphatic hydroxyl groups excluding tert-OH is 1. The molecule has 4 rings (SSSR count).